The lowest BCUT2D eigenvalue weighted by atomic mass is 10.2. The third kappa shape index (κ3) is 6.07. The minimum Gasteiger partial charge on any atom is -0.382 e. The van der Waals surface area contributed by atoms with Crippen LogP contribution in [0.5, 0.6) is 0 Å². The standard InChI is InChI=1S/C22H19ClF7N7O2/c1-11(24)17-32-16(33-37(17)19-14(21(25,26)27)3-2-8-31-19)10-36-20(39)35(9-15(38)22(28,29)30)18(34-36)12-4-6-13(23)7-5-12/h2-8,11,15-16,33,38H,9-10H2,1H3/t11?,15-,16?/m0/s1. The lowest BCUT2D eigenvalue weighted by Crippen LogP contribution is -2.46. The molecule has 9 nitrogen and oxygen atoms in total. The summed E-state index contributed by atoms with van der Waals surface area (Å²) in [6.07, 6.45) is -14.8. The van der Waals surface area contributed by atoms with Crippen LogP contribution in [0.2, 0.25) is 5.02 Å². The number of aromatic nitrogens is 4. The average molecular weight is 582 g/mol. The van der Waals surface area contributed by atoms with E-state index in [-0.39, 0.29) is 11.4 Å². The first kappa shape index (κ1) is 28.5. The summed E-state index contributed by atoms with van der Waals surface area (Å²) < 4.78 is 95.5. The van der Waals surface area contributed by atoms with Gasteiger partial charge in [0.05, 0.1) is 18.7 Å². The number of rotatable bonds is 7. The number of pyridine rings is 1. The first-order valence-corrected chi connectivity index (χ1v) is 11.5. The number of anilines is 1. The number of aliphatic hydroxyl groups is 1. The molecule has 210 valence electrons. The van der Waals surface area contributed by atoms with Crippen LogP contribution in [0.25, 0.3) is 11.4 Å². The Balaban J connectivity index is 1.71. The molecule has 0 saturated carbocycles. The second-order valence-corrected chi connectivity index (χ2v) is 8.86. The van der Waals surface area contributed by atoms with E-state index in [4.69, 9.17) is 11.6 Å². The van der Waals surface area contributed by atoms with Gasteiger partial charge in [0.2, 0.25) is 0 Å². The fourth-order valence-corrected chi connectivity index (χ4v) is 3.89. The Morgan fingerprint density at radius 2 is 1.79 bits per heavy atom. The van der Waals surface area contributed by atoms with E-state index < -0.39 is 66.8 Å². The molecule has 0 aliphatic carbocycles. The van der Waals surface area contributed by atoms with E-state index >= 15 is 0 Å². The quantitative estimate of drug-likeness (QED) is 0.412. The second-order valence-electron chi connectivity index (χ2n) is 8.42. The van der Waals surface area contributed by atoms with Crippen molar-refractivity contribution in [3.63, 3.8) is 0 Å². The number of halogens is 8. The van der Waals surface area contributed by atoms with E-state index in [2.05, 4.69) is 20.5 Å². The van der Waals surface area contributed by atoms with E-state index in [1.165, 1.54) is 24.3 Å². The van der Waals surface area contributed by atoms with Crippen LogP contribution in [-0.4, -0.2) is 54.9 Å². The molecule has 0 spiro atoms. The molecule has 0 fully saturated rings. The third-order valence-corrected chi connectivity index (χ3v) is 5.81. The highest BCUT2D eigenvalue weighted by molar-refractivity contribution is 6.30. The van der Waals surface area contributed by atoms with Gasteiger partial charge >= 0.3 is 18.0 Å². The highest BCUT2D eigenvalue weighted by atomic mass is 35.5. The molecule has 1 aliphatic rings. The van der Waals surface area contributed by atoms with Crippen molar-refractivity contribution in [1.82, 2.24) is 24.8 Å². The number of amidine groups is 1. The van der Waals surface area contributed by atoms with Crippen molar-refractivity contribution in [3.05, 3.63) is 63.7 Å². The molecule has 0 saturated heterocycles. The summed E-state index contributed by atoms with van der Waals surface area (Å²) in [6.45, 7) is -0.678. The molecule has 2 aromatic heterocycles. The number of nitrogens with zero attached hydrogens (tertiary/aromatic N) is 6. The van der Waals surface area contributed by atoms with Gasteiger partial charge in [-0.25, -0.2) is 34.3 Å². The molecule has 2 unspecified atom stereocenters. The predicted octanol–water partition coefficient (Wildman–Crippen LogP) is 3.81. The van der Waals surface area contributed by atoms with E-state index in [0.717, 1.165) is 25.3 Å². The van der Waals surface area contributed by atoms with Crippen LogP contribution in [0.4, 0.5) is 36.6 Å². The zero-order valence-electron chi connectivity index (χ0n) is 19.8. The molecule has 39 heavy (non-hydrogen) atoms. The van der Waals surface area contributed by atoms with Crippen LogP contribution in [0, 0.1) is 0 Å². The summed E-state index contributed by atoms with van der Waals surface area (Å²) >= 11 is 5.86. The number of nitrogens with one attached hydrogen (secondary N) is 1. The first-order chi connectivity index (χ1) is 18.2. The maximum atomic E-state index is 14.4. The Morgan fingerprint density at radius 1 is 1.13 bits per heavy atom. The van der Waals surface area contributed by atoms with Gasteiger partial charge in [0.1, 0.15) is 6.17 Å². The van der Waals surface area contributed by atoms with E-state index in [9.17, 15) is 40.6 Å². The first-order valence-electron chi connectivity index (χ1n) is 11.2. The maximum Gasteiger partial charge on any atom is 0.420 e. The summed E-state index contributed by atoms with van der Waals surface area (Å²) in [5.74, 6) is -1.41. The molecule has 0 amide bonds. The van der Waals surface area contributed by atoms with Crippen molar-refractivity contribution < 1.29 is 35.8 Å². The van der Waals surface area contributed by atoms with Crippen molar-refractivity contribution in [2.75, 3.05) is 5.01 Å². The van der Waals surface area contributed by atoms with E-state index in [1.54, 1.807) is 0 Å². The Labute approximate surface area is 220 Å². The van der Waals surface area contributed by atoms with E-state index in [1.807, 2.05) is 0 Å². The normalized spacial score (nSPS) is 17.8. The summed E-state index contributed by atoms with van der Waals surface area (Å²) in [5, 5.41) is 14.7. The van der Waals surface area contributed by atoms with Gasteiger partial charge in [-0.15, -0.1) is 5.10 Å². The molecular weight excluding hydrogens is 563 g/mol. The van der Waals surface area contributed by atoms with Crippen LogP contribution in [-0.2, 0) is 19.3 Å². The number of benzene rings is 1. The van der Waals surface area contributed by atoms with Crippen LogP contribution in [0.3, 0.4) is 0 Å². The van der Waals surface area contributed by atoms with Crippen LogP contribution in [0.15, 0.2) is 52.4 Å². The number of aliphatic imine (C=N–C) groups is 1. The van der Waals surface area contributed by atoms with Crippen LogP contribution in [0.1, 0.15) is 12.5 Å². The highest BCUT2D eigenvalue weighted by Gasteiger charge is 2.41. The molecule has 3 atom stereocenters. The summed E-state index contributed by atoms with van der Waals surface area (Å²) in [5.41, 5.74) is 0.467. The lowest BCUT2D eigenvalue weighted by molar-refractivity contribution is -0.207. The SMILES string of the molecule is CC(F)C1=NC(Cn2nc(-c3ccc(Cl)cc3)n(C[C@H](O)C(F)(F)F)c2=O)NN1c1ncccc1C(F)(F)F. The number of hydrogen-bond acceptors (Lipinski definition) is 7. The Bertz CT molecular complexity index is 1420. The molecule has 17 heteroatoms. The third-order valence-electron chi connectivity index (χ3n) is 5.56. The topological polar surface area (TPSA) is 101 Å². The Morgan fingerprint density at radius 3 is 2.38 bits per heavy atom. The molecule has 0 radical (unpaired) electrons. The van der Waals surface area contributed by atoms with Crippen molar-refractivity contribution in [1.29, 1.82) is 0 Å². The minimum atomic E-state index is -5.04. The molecular formula is C22H19ClF7N7O2. The van der Waals surface area contributed by atoms with Gasteiger partial charge in [-0.2, -0.15) is 26.3 Å². The van der Waals surface area contributed by atoms with Crippen molar-refractivity contribution in [2.24, 2.45) is 4.99 Å². The second kappa shape index (κ2) is 10.6. The van der Waals surface area contributed by atoms with Gasteiger partial charge in [0.25, 0.3) is 0 Å². The number of aliphatic hydroxyl groups excluding tert-OH is 1. The molecule has 0 bridgehead atoms. The van der Waals surface area contributed by atoms with Crippen molar-refractivity contribution in [3.8, 4) is 11.4 Å². The Hall–Kier alpha value is -3.50. The van der Waals surface area contributed by atoms with E-state index in [0.29, 0.717) is 19.3 Å². The van der Waals surface area contributed by atoms with Crippen molar-refractivity contribution >= 4 is 23.3 Å². The van der Waals surface area contributed by atoms with Crippen molar-refractivity contribution in [2.45, 2.75) is 50.8 Å². The zero-order chi connectivity index (χ0) is 28.7. The highest BCUT2D eigenvalue weighted by Crippen LogP contribution is 2.36. The number of hydrogen-bond donors (Lipinski definition) is 2. The van der Waals surface area contributed by atoms with Gasteiger partial charge in [0.15, 0.2) is 29.8 Å². The van der Waals surface area contributed by atoms with Gasteiger partial charge in [-0.05, 0) is 43.3 Å². The summed E-state index contributed by atoms with van der Waals surface area (Å²) in [7, 11) is 0. The molecule has 3 aromatic rings. The largest absolute Gasteiger partial charge is 0.420 e. The van der Waals surface area contributed by atoms with Gasteiger partial charge < -0.3 is 5.11 Å². The monoisotopic (exact) mass is 581 g/mol. The van der Waals surface area contributed by atoms with Gasteiger partial charge in [0, 0.05) is 16.8 Å². The van der Waals surface area contributed by atoms with Gasteiger partial charge in [-0.1, -0.05) is 11.6 Å². The molecule has 4 rings (SSSR count). The summed E-state index contributed by atoms with van der Waals surface area (Å²) in [4.78, 5) is 20.8. The van der Waals surface area contributed by atoms with Crippen LogP contribution < -0.4 is 16.1 Å². The Kier molecular flexibility index (Phi) is 7.73. The van der Waals surface area contributed by atoms with Crippen LogP contribution >= 0.6 is 11.6 Å². The lowest BCUT2D eigenvalue weighted by Gasteiger charge is -2.24. The predicted molar refractivity (Wildman–Crippen MR) is 126 cm³/mol. The molecule has 2 N–H and O–H groups in total. The zero-order valence-corrected chi connectivity index (χ0v) is 20.5. The van der Waals surface area contributed by atoms with Gasteiger partial charge in [-0.3, -0.25) is 4.57 Å². The number of alkyl halides is 7. The number of hydrazine groups is 1. The molecule has 1 aliphatic heterocycles. The summed E-state index contributed by atoms with van der Waals surface area (Å²) in [6, 6.07) is 7.39. The average Bonchev–Trinajstić information content (AvgIpc) is 3.41. The maximum absolute atomic E-state index is 14.4. The fraction of sp³-hybridized carbons (Fsp3) is 0.364. The smallest absolute Gasteiger partial charge is 0.382 e. The fourth-order valence-electron chi connectivity index (χ4n) is 3.77. The molecule has 1 aromatic carbocycles. The minimum absolute atomic E-state index is 0.190. The molecule has 3 heterocycles.